The third-order valence-corrected chi connectivity index (χ3v) is 26.9. The fourth-order valence-electron chi connectivity index (χ4n) is 4.97. The maximum absolute atomic E-state index is 10.0. The van der Waals surface area contributed by atoms with E-state index in [0.717, 1.165) is 12.8 Å². The molecule has 0 unspecified atom stereocenters. The molecule has 1 heterocycles. The predicted molar refractivity (Wildman–Crippen MR) is 156 cm³/mol. The van der Waals surface area contributed by atoms with Crippen molar-refractivity contribution in [3.05, 3.63) is 10.2 Å². The van der Waals surface area contributed by atoms with E-state index in [-0.39, 0.29) is 30.0 Å². The molecule has 0 bridgehead atoms. The summed E-state index contributed by atoms with van der Waals surface area (Å²) in [5.41, 5.74) is 0. The van der Waals surface area contributed by atoms with Crippen molar-refractivity contribution in [2.24, 2.45) is 0 Å². The van der Waals surface area contributed by atoms with Gasteiger partial charge in [-0.15, -0.1) is 0 Å². The summed E-state index contributed by atoms with van der Waals surface area (Å²) >= 11 is -2.27. The first-order chi connectivity index (χ1) is 16.3. The van der Waals surface area contributed by atoms with Crippen LogP contribution in [-0.4, -0.2) is 62.5 Å². The van der Waals surface area contributed by atoms with Gasteiger partial charge >= 0.3 is 225 Å². The molecule has 4 nitrogen and oxygen atoms in total. The Morgan fingerprint density at radius 1 is 0.971 bits per heavy atom. The van der Waals surface area contributed by atoms with Gasteiger partial charge in [-0.3, -0.25) is 0 Å². The van der Waals surface area contributed by atoms with Gasteiger partial charge in [-0.2, -0.15) is 0 Å². The Morgan fingerprint density at radius 3 is 1.91 bits per heavy atom. The van der Waals surface area contributed by atoms with Crippen LogP contribution < -0.4 is 0 Å². The summed E-state index contributed by atoms with van der Waals surface area (Å²) in [5.74, 6) is -0.686. The van der Waals surface area contributed by atoms with Gasteiger partial charge in [-0.05, 0) is 0 Å². The molecule has 1 aliphatic rings. The number of aliphatic hydroxyl groups excluding tert-OH is 1. The van der Waals surface area contributed by atoms with Crippen molar-refractivity contribution in [1.29, 1.82) is 0 Å². The Hall–Kier alpha value is 0.596. The second-order valence-corrected chi connectivity index (χ2v) is 30.7. The Labute approximate surface area is 224 Å². The SMILES string of the molecule is CCC[CH2][Sn](/[CH]=C/CC[C@H](O[Si](C)(C)C(C)(C)C)[C@H]1OC(C)(C)O[C@@H]1CO)([CH2]CCC)[CH2]CCC. The van der Waals surface area contributed by atoms with Gasteiger partial charge < -0.3 is 0 Å². The van der Waals surface area contributed by atoms with E-state index in [1.165, 1.54) is 51.8 Å². The van der Waals surface area contributed by atoms with Crippen LogP contribution in [0.1, 0.15) is 107 Å². The second kappa shape index (κ2) is 15.3. The fourth-order valence-corrected chi connectivity index (χ4v) is 20.9. The Kier molecular flexibility index (Phi) is 14.7. The molecule has 0 spiro atoms. The Morgan fingerprint density at radius 2 is 1.49 bits per heavy atom. The molecule has 0 radical (unpaired) electrons. The van der Waals surface area contributed by atoms with E-state index >= 15 is 0 Å². The number of rotatable bonds is 17. The van der Waals surface area contributed by atoms with Gasteiger partial charge in [0.25, 0.3) is 0 Å². The zero-order valence-electron chi connectivity index (χ0n) is 25.0. The summed E-state index contributed by atoms with van der Waals surface area (Å²) in [6.45, 7) is 22.3. The molecule has 0 saturated carbocycles. The monoisotopic (exact) mass is 620 g/mol. The number of ether oxygens (including phenoxy) is 2. The molecular formula is C29H60O4SiSn. The summed E-state index contributed by atoms with van der Waals surface area (Å²) in [4.78, 5) is 0. The molecule has 208 valence electrons. The van der Waals surface area contributed by atoms with Gasteiger partial charge in [-0.25, -0.2) is 0 Å². The first kappa shape index (κ1) is 33.6. The van der Waals surface area contributed by atoms with Crippen LogP contribution in [-0.2, 0) is 13.9 Å². The van der Waals surface area contributed by atoms with Crippen LogP contribution in [0.5, 0.6) is 0 Å². The van der Waals surface area contributed by atoms with Crippen LogP contribution in [0.4, 0.5) is 0 Å². The van der Waals surface area contributed by atoms with Gasteiger partial charge in [-0.1, -0.05) is 0 Å². The number of aliphatic hydroxyl groups is 1. The first-order valence-corrected chi connectivity index (χ1v) is 25.2. The molecule has 1 aliphatic heterocycles. The van der Waals surface area contributed by atoms with Gasteiger partial charge in [0.05, 0.1) is 0 Å². The summed E-state index contributed by atoms with van der Waals surface area (Å²) in [6, 6.07) is 0. The van der Waals surface area contributed by atoms with Crippen molar-refractivity contribution >= 4 is 26.7 Å². The minimum atomic E-state index is -2.27. The van der Waals surface area contributed by atoms with E-state index in [1.54, 1.807) is 0 Å². The molecule has 6 heteroatoms. The van der Waals surface area contributed by atoms with E-state index in [2.05, 4.69) is 64.8 Å². The van der Waals surface area contributed by atoms with E-state index in [9.17, 15) is 5.11 Å². The van der Waals surface area contributed by atoms with Crippen molar-refractivity contribution in [1.82, 2.24) is 0 Å². The topological polar surface area (TPSA) is 47.9 Å². The van der Waals surface area contributed by atoms with Crippen LogP contribution in [0.3, 0.4) is 0 Å². The molecule has 1 rings (SSSR count). The fraction of sp³-hybridized carbons (Fsp3) is 0.931. The minimum absolute atomic E-state index is 0.0358. The third kappa shape index (κ3) is 11.1. The third-order valence-electron chi connectivity index (χ3n) is 8.19. The van der Waals surface area contributed by atoms with Crippen LogP contribution in [0.2, 0.25) is 31.4 Å². The summed E-state index contributed by atoms with van der Waals surface area (Å²) in [6.07, 6.45) is 11.9. The van der Waals surface area contributed by atoms with E-state index in [0.29, 0.717) is 0 Å². The normalized spacial score (nSPS) is 22.3. The van der Waals surface area contributed by atoms with Crippen LogP contribution in [0, 0.1) is 0 Å². The molecule has 35 heavy (non-hydrogen) atoms. The maximum atomic E-state index is 10.0. The molecule has 1 N–H and O–H groups in total. The summed E-state index contributed by atoms with van der Waals surface area (Å²) < 4.78 is 26.6. The number of unbranched alkanes of at least 4 members (excludes halogenated alkanes) is 3. The van der Waals surface area contributed by atoms with Gasteiger partial charge in [0, 0.05) is 0 Å². The van der Waals surface area contributed by atoms with Gasteiger partial charge in [0.15, 0.2) is 0 Å². The van der Waals surface area contributed by atoms with Gasteiger partial charge in [0.2, 0.25) is 0 Å². The average molecular weight is 620 g/mol. The Bertz CT molecular complexity index is 593. The van der Waals surface area contributed by atoms with Crippen LogP contribution in [0.25, 0.3) is 0 Å². The van der Waals surface area contributed by atoms with Crippen molar-refractivity contribution in [3.63, 3.8) is 0 Å². The van der Waals surface area contributed by atoms with E-state index in [4.69, 9.17) is 13.9 Å². The molecule has 0 aromatic carbocycles. The zero-order valence-corrected chi connectivity index (χ0v) is 28.9. The van der Waals surface area contributed by atoms with Crippen LogP contribution >= 0.6 is 0 Å². The number of hydrogen-bond donors (Lipinski definition) is 1. The summed E-state index contributed by atoms with van der Waals surface area (Å²) in [5, 5.41) is 10.2. The summed E-state index contributed by atoms with van der Waals surface area (Å²) in [7, 11) is -2.00. The standard InChI is InChI=1S/C17H33O4Si.3C4H9.Sn/c1-9-10-11-13(21-22(7,8)16(2,3)4)15-14(12-18)19-17(5,6)20-15;3*1-3-4-2;/h1,9,13-15,18H,10-12H2,2-8H3;3*1,3-4H2,2H3;/t13-,14+,15+;;;;/m0..../s1. The van der Waals surface area contributed by atoms with Crippen molar-refractivity contribution < 1.29 is 19.0 Å². The molecule has 1 saturated heterocycles. The van der Waals surface area contributed by atoms with Gasteiger partial charge in [0.1, 0.15) is 0 Å². The molecule has 0 amide bonds. The van der Waals surface area contributed by atoms with E-state index < -0.39 is 32.5 Å². The molecule has 0 aliphatic carbocycles. The van der Waals surface area contributed by atoms with Crippen LogP contribution in [0.15, 0.2) is 10.2 Å². The molecule has 3 atom stereocenters. The van der Waals surface area contributed by atoms with Crippen molar-refractivity contribution in [3.8, 4) is 0 Å². The number of allylic oxidation sites excluding steroid dienone is 1. The molecule has 1 fully saturated rings. The average Bonchev–Trinajstić information content (AvgIpc) is 3.10. The second-order valence-electron chi connectivity index (χ2n) is 12.9. The van der Waals surface area contributed by atoms with E-state index in [1.807, 2.05) is 13.8 Å². The van der Waals surface area contributed by atoms with Crippen molar-refractivity contribution in [2.75, 3.05) is 6.61 Å². The molecule has 0 aromatic heterocycles. The quantitative estimate of drug-likeness (QED) is 0.166. The first-order valence-electron chi connectivity index (χ1n) is 14.6. The van der Waals surface area contributed by atoms with Crippen molar-refractivity contribution in [2.45, 2.75) is 162 Å². The number of hydrogen-bond acceptors (Lipinski definition) is 4. The Balaban J connectivity index is 3.08. The molecule has 0 aromatic rings. The zero-order chi connectivity index (χ0) is 26.8. The predicted octanol–water partition coefficient (Wildman–Crippen LogP) is 8.61. The molecular weight excluding hydrogens is 559 g/mol.